The van der Waals surface area contributed by atoms with E-state index in [1.165, 1.54) is 25.8 Å². The molecule has 0 aromatic carbocycles. The second-order valence-corrected chi connectivity index (χ2v) is 3.69. The number of hydrogen-bond acceptors (Lipinski definition) is 4. The maximum Gasteiger partial charge on any atom is 0.106 e. The number of rotatable bonds is 4. The summed E-state index contributed by atoms with van der Waals surface area (Å²) in [6.07, 6.45) is 4.03. The maximum absolute atomic E-state index is 8.00. The Bertz CT molecular complexity index is 126. The van der Waals surface area contributed by atoms with Gasteiger partial charge in [-0.1, -0.05) is 41.5 Å². The van der Waals surface area contributed by atoms with Gasteiger partial charge in [-0.2, -0.15) is 0 Å². The van der Waals surface area contributed by atoms with E-state index in [9.17, 15) is 0 Å². The zero-order valence-corrected chi connectivity index (χ0v) is 15.7. The Morgan fingerprint density at radius 3 is 1.86 bits per heavy atom. The minimum atomic E-state index is 0.636. The molecule has 1 fully saturated rings. The van der Waals surface area contributed by atoms with E-state index in [2.05, 4.69) is 37.6 Å². The molecule has 0 bridgehead atoms. The number of carbonyl (C=O) groups excluding carboxylic acids is 1. The average molecular weight is 307 g/mol. The van der Waals surface area contributed by atoms with Crippen LogP contribution in [0.25, 0.3) is 0 Å². The first-order valence-electron chi connectivity index (χ1n) is 7.99. The van der Waals surface area contributed by atoms with Gasteiger partial charge in [-0.05, 0) is 32.4 Å². The normalized spacial score (nSPS) is 14.2. The predicted octanol–water partition coefficient (Wildman–Crippen LogP) is 3.40. The van der Waals surface area contributed by atoms with Crippen molar-refractivity contribution < 1.29 is 9.90 Å². The van der Waals surface area contributed by atoms with Gasteiger partial charge in [0.15, 0.2) is 0 Å². The van der Waals surface area contributed by atoms with Crippen LogP contribution < -0.4 is 10.6 Å². The largest absolute Gasteiger partial charge is 0.400 e. The second-order valence-electron chi connectivity index (χ2n) is 3.69. The molecule has 1 unspecified atom stereocenters. The molecule has 0 spiro atoms. The number of carbonyl (C=O) groups is 1. The molecular weight excluding hydrogens is 264 g/mol. The Balaban J connectivity index is -0.0000000727. The van der Waals surface area contributed by atoms with Gasteiger partial charge in [0.1, 0.15) is 6.79 Å². The molecule has 0 aromatic heterocycles. The highest BCUT2D eigenvalue weighted by Crippen LogP contribution is 2.07. The SMILES string of the molecule is C=C.C=O.CC.CC.CC(C)NCCC1CCCN1.CO. The van der Waals surface area contributed by atoms with Crippen molar-refractivity contribution in [2.24, 2.45) is 0 Å². The molecule has 1 aliphatic rings. The summed E-state index contributed by atoms with van der Waals surface area (Å²) >= 11 is 0. The fourth-order valence-corrected chi connectivity index (χ4v) is 1.55. The molecular formula is C17H42N2O2. The van der Waals surface area contributed by atoms with E-state index in [4.69, 9.17) is 9.90 Å². The van der Waals surface area contributed by atoms with E-state index in [1.807, 2.05) is 34.5 Å². The van der Waals surface area contributed by atoms with Gasteiger partial charge in [0.05, 0.1) is 0 Å². The van der Waals surface area contributed by atoms with E-state index in [-0.39, 0.29) is 0 Å². The lowest BCUT2D eigenvalue weighted by atomic mass is 10.1. The van der Waals surface area contributed by atoms with Gasteiger partial charge in [-0.25, -0.2) is 0 Å². The van der Waals surface area contributed by atoms with Gasteiger partial charge < -0.3 is 20.5 Å². The van der Waals surface area contributed by atoms with Gasteiger partial charge in [-0.3, -0.25) is 0 Å². The molecule has 1 heterocycles. The third-order valence-corrected chi connectivity index (χ3v) is 2.21. The fourth-order valence-electron chi connectivity index (χ4n) is 1.55. The molecule has 0 radical (unpaired) electrons. The van der Waals surface area contributed by atoms with Crippen LogP contribution in [0.3, 0.4) is 0 Å². The lowest BCUT2D eigenvalue weighted by Crippen LogP contribution is -2.30. The standard InChI is InChI=1S/C9H20N2.2C2H6.C2H4.CH4O.CH2O/c1-8(2)10-7-5-9-4-3-6-11-9;5*1-2/h8-11H,3-7H2,1-2H3;2*1-2H3;1-2H2;2H,1H3;1H2. The van der Waals surface area contributed by atoms with Crippen LogP contribution in [0.15, 0.2) is 13.2 Å². The van der Waals surface area contributed by atoms with Gasteiger partial charge in [0, 0.05) is 19.2 Å². The predicted molar refractivity (Wildman–Crippen MR) is 98.0 cm³/mol. The van der Waals surface area contributed by atoms with E-state index in [0.717, 1.165) is 19.7 Å². The smallest absolute Gasteiger partial charge is 0.106 e. The van der Waals surface area contributed by atoms with Crippen molar-refractivity contribution in [3.63, 3.8) is 0 Å². The first-order valence-corrected chi connectivity index (χ1v) is 7.99. The zero-order chi connectivity index (χ0) is 18.1. The van der Waals surface area contributed by atoms with Gasteiger partial charge in [-0.15, -0.1) is 13.2 Å². The molecule has 21 heavy (non-hydrogen) atoms. The lowest BCUT2D eigenvalue weighted by molar-refractivity contribution is -0.0979. The van der Waals surface area contributed by atoms with Crippen LogP contribution in [0, 0.1) is 0 Å². The molecule has 0 aromatic rings. The molecule has 0 aliphatic carbocycles. The number of hydrogen-bond donors (Lipinski definition) is 3. The Morgan fingerprint density at radius 2 is 1.57 bits per heavy atom. The number of nitrogens with one attached hydrogen (secondary N) is 2. The van der Waals surface area contributed by atoms with E-state index in [1.54, 1.807) is 0 Å². The Labute approximate surface area is 134 Å². The van der Waals surface area contributed by atoms with Crippen molar-refractivity contribution in [1.82, 2.24) is 10.6 Å². The highest BCUT2D eigenvalue weighted by molar-refractivity contribution is 5.10. The molecule has 4 nitrogen and oxygen atoms in total. The molecule has 1 atom stereocenters. The third kappa shape index (κ3) is 38.2. The van der Waals surface area contributed by atoms with Crippen LogP contribution >= 0.6 is 0 Å². The quantitative estimate of drug-likeness (QED) is 0.697. The van der Waals surface area contributed by atoms with Crippen LogP contribution in [-0.2, 0) is 4.79 Å². The Morgan fingerprint density at radius 1 is 1.14 bits per heavy atom. The van der Waals surface area contributed by atoms with Gasteiger partial charge in [0.2, 0.25) is 0 Å². The van der Waals surface area contributed by atoms with Crippen LogP contribution in [-0.4, -0.2) is 44.2 Å². The van der Waals surface area contributed by atoms with Crippen molar-refractivity contribution >= 4 is 6.79 Å². The van der Waals surface area contributed by atoms with E-state index in [0.29, 0.717) is 6.04 Å². The summed E-state index contributed by atoms with van der Waals surface area (Å²) in [5.74, 6) is 0. The summed E-state index contributed by atoms with van der Waals surface area (Å²) in [4.78, 5) is 8.00. The minimum absolute atomic E-state index is 0.636. The summed E-state index contributed by atoms with van der Waals surface area (Å²) in [7, 11) is 1.00. The van der Waals surface area contributed by atoms with E-state index >= 15 is 0 Å². The van der Waals surface area contributed by atoms with Crippen molar-refractivity contribution in [2.75, 3.05) is 20.2 Å². The molecule has 4 heteroatoms. The van der Waals surface area contributed by atoms with Crippen molar-refractivity contribution in [2.45, 2.75) is 72.9 Å². The maximum atomic E-state index is 8.00. The van der Waals surface area contributed by atoms with Crippen LogP contribution in [0.2, 0.25) is 0 Å². The summed E-state index contributed by atoms with van der Waals surface area (Å²) in [5, 5.41) is 13.9. The summed E-state index contributed by atoms with van der Waals surface area (Å²) in [6, 6.07) is 1.43. The van der Waals surface area contributed by atoms with Crippen molar-refractivity contribution in [3.05, 3.63) is 13.2 Å². The Hall–Kier alpha value is -0.710. The van der Waals surface area contributed by atoms with Crippen LogP contribution in [0.5, 0.6) is 0 Å². The summed E-state index contributed by atoms with van der Waals surface area (Å²) < 4.78 is 0. The fraction of sp³-hybridized carbons (Fsp3) is 0.824. The Kier molecular flexibility index (Phi) is 65.7. The first kappa shape index (κ1) is 32.3. The molecule has 1 aliphatic heterocycles. The topological polar surface area (TPSA) is 61.4 Å². The summed E-state index contributed by atoms with van der Waals surface area (Å²) in [5.41, 5.74) is 0. The molecule has 0 saturated carbocycles. The van der Waals surface area contributed by atoms with Gasteiger partial charge in [0.25, 0.3) is 0 Å². The monoisotopic (exact) mass is 306 g/mol. The number of aliphatic hydroxyl groups is 1. The zero-order valence-electron chi connectivity index (χ0n) is 15.7. The first-order chi connectivity index (χ1) is 10.3. The third-order valence-electron chi connectivity index (χ3n) is 2.21. The molecule has 3 N–H and O–H groups in total. The second kappa shape index (κ2) is 42.7. The number of aliphatic hydroxyl groups excluding tert-OH is 1. The molecule has 132 valence electrons. The molecule has 1 rings (SSSR count). The van der Waals surface area contributed by atoms with Crippen LogP contribution in [0.4, 0.5) is 0 Å². The molecule has 0 amide bonds. The van der Waals surface area contributed by atoms with Crippen molar-refractivity contribution in [1.29, 1.82) is 0 Å². The average Bonchev–Trinajstić information content (AvgIpc) is 3.10. The van der Waals surface area contributed by atoms with Gasteiger partial charge >= 0.3 is 0 Å². The lowest BCUT2D eigenvalue weighted by Gasteiger charge is -2.12. The minimum Gasteiger partial charge on any atom is -0.400 e. The highest BCUT2D eigenvalue weighted by atomic mass is 16.2. The van der Waals surface area contributed by atoms with Crippen LogP contribution in [0.1, 0.15) is 60.8 Å². The highest BCUT2D eigenvalue weighted by Gasteiger charge is 2.12. The molecule has 1 saturated heterocycles. The summed E-state index contributed by atoms with van der Waals surface area (Å²) in [6.45, 7) is 22.8. The van der Waals surface area contributed by atoms with Crippen molar-refractivity contribution in [3.8, 4) is 0 Å². The van der Waals surface area contributed by atoms with E-state index < -0.39 is 0 Å².